The van der Waals surface area contributed by atoms with Crippen molar-refractivity contribution in [1.82, 2.24) is 19.4 Å². The molecule has 26 heavy (non-hydrogen) atoms. The fraction of sp³-hybridized carbons (Fsp3) is 0.263. The minimum Gasteiger partial charge on any atom is -0.338 e. The van der Waals surface area contributed by atoms with Gasteiger partial charge in [-0.3, -0.25) is 9.59 Å². The monoisotopic (exact) mass is 366 g/mol. The summed E-state index contributed by atoms with van der Waals surface area (Å²) < 4.78 is 1.43. The van der Waals surface area contributed by atoms with Crippen molar-refractivity contribution >= 4 is 17.2 Å². The molecule has 0 bridgehead atoms. The van der Waals surface area contributed by atoms with E-state index in [1.807, 2.05) is 5.38 Å². The van der Waals surface area contributed by atoms with Crippen LogP contribution in [0, 0.1) is 0 Å². The van der Waals surface area contributed by atoms with Gasteiger partial charge in [-0.25, -0.2) is 9.97 Å². The van der Waals surface area contributed by atoms with Crippen molar-refractivity contribution in [3.05, 3.63) is 68.7 Å². The molecule has 3 aromatic rings. The molecule has 4 heterocycles. The summed E-state index contributed by atoms with van der Waals surface area (Å²) in [6.07, 6.45) is 4.59. The number of carbonyl (C=O) groups is 1. The first-order chi connectivity index (χ1) is 12.6. The second kappa shape index (κ2) is 6.84. The Morgan fingerprint density at radius 3 is 2.85 bits per heavy atom. The molecule has 4 rings (SSSR count). The average molecular weight is 366 g/mol. The predicted molar refractivity (Wildman–Crippen MR) is 100 cm³/mol. The maximum absolute atomic E-state index is 12.9. The maximum Gasteiger partial charge on any atom is 0.263 e. The van der Waals surface area contributed by atoms with Crippen molar-refractivity contribution in [2.45, 2.75) is 12.8 Å². The first kappa shape index (κ1) is 16.7. The molecule has 0 saturated heterocycles. The van der Waals surface area contributed by atoms with Gasteiger partial charge in [0.2, 0.25) is 0 Å². The van der Waals surface area contributed by atoms with Gasteiger partial charge in [0.1, 0.15) is 11.9 Å². The lowest BCUT2D eigenvalue weighted by Crippen LogP contribution is -2.37. The van der Waals surface area contributed by atoms with Gasteiger partial charge in [0.15, 0.2) is 0 Å². The Labute approximate surface area is 154 Å². The van der Waals surface area contributed by atoms with Crippen LogP contribution in [0.2, 0.25) is 0 Å². The highest BCUT2D eigenvalue weighted by Crippen LogP contribution is 2.27. The molecule has 132 valence electrons. The lowest BCUT2D eigenvalue weighted by Gasteiger charge is -2.20. The molecule has 0 radical (unpaired) electrons. The Kier molecular flexibility index (Phi) is 4.38. The van der Waals surface area contributed by atoms with Crippen LogP contribution < -0.4 is 5.56 Å². The zero-order valence-electron chi connectivity index (χ0n) is 14.4. The van der Waals surface area contributed by atoms with Crippen LogP contribution in [0.3, 0.4) is 0 Å². The van der Waals surface area contributed by atoms with Crippen LogP contribution >= 0.6 is 11.3 Å². The normalized spacial score (nSPS) is 14.0. The number of aryl methyl sites for hydroxylation is 1. The summed E-state index contributed by atoms with van der Waals surface area (Å²) in [5.41, 5.74) is 4.06. The lowest BCUT2D eigenvalue weighted by molar-refractivity contribution is 0.0760. The summed E-state index contributed by atoms with van der Waals surface area (Å²) >= 11 is 1.63. The first-order valence-corrected chi connectivity index (χ1v) is 9.39. The summed E-state index contributed by atoms with van der Waals surface area (Å²) in [5, 5.41) is 4.10. The summed E-state index contributed by atoms with van der Waals surface area (Å²) in [4.78, 5) is 35.8. The van der Waals surface area contributed by atoms with Gasteiger partial charge in [-0.05, 0) is 30.0 Å². The first-order valence-electron chi connectivity index (χ1n) is 8.45. The van der Waals surface area contributed by atoms with Crippen molar-refractivity contribution < 1.29 is 4.79 Å². The quantitative estimate of drug-likeness (QED) is 0.697. The number of hydrogen-bond acceptors (Lipinski definition) is 5. The molecule has 0 fully saturated rings. The number of fused-ring (bicyclic) bond motifs is 1. The van der Waals surface area contributed by atoms with Crippen LogP contribution in [0.25, 0.3) is 11.3 Å². The number of aromatic nitrogens is 3. The molecule has 0 aromatic carbocycles. The van der Waals surface area contributed by atoms with E-state index in [9.17, 15) is 9.59 Å². The van der Waals surface area contributed by atoms with E-state index < -0.39 is 0 Å². The summed E-state index contributed by atoms with van der Waals surface area (Å²) in [7, 11) is 1.65. The summed E-state index contributed by atoms with van der Waals surface area (Å²) in [6.45, 7) is 1.10. The second-order valence-corrected chi connectivity index (χ2v) is 7.07. The highest BCUT2D eigenvalue weighted by molar-refractivity contribution is 7.08. The van der Waals surface area contributed by atoms with Crippen LogP contribution in [0.4, 0.5) is 0 Å². The van der Waals surface area contributed by atoms with Crippen molar-refractivity contribution in [3.8, 4) is 11.3 Å². The molecule has 0 N–H and O–H groups in total. The van der Waals surface area contributed by atoms with Crippen LogP contribution in [0.1, 0.15) is 21.6 Å². The van der Waals surface area contributed by atoms with Crippen LogP contribution in [0.5, 0.6) is 0 Å². The summed E-state index contributed by atoms with van der Waals surface area (Å²) in [5.74, 6) is -0.218. The van der Waals surface area contributed by atoms with Gasteiger partial charge in [-0.15, -0.1) is 0 Å². The molecule has 0 atom stereocenters. The number of carbonyl (C=O) groups excluding carboxylic acids is 1. The van der Waals surface area contributed by atoms with Crippen LogP contribution in [-0.2, 0) is 19.9 Å². The Hall–Kier alpha value is -2.80. The van der Waals surface area contributed by atoms with Crippen molar-refractivity contribution in [1.29, 1.82) is 0 Å². The molecule has 0 saturated carbocycles. The molecule has 3 aromatic heterocycles. The molecular formula is C19H18N4O2S. The van der Waals surface area contributed by atoms with Gasteiger partial charge < -0.3 is 9.47 Å². The van der Waals surface area contributed by atoms with Gasteiger partial charge >= 0.3 is 0 Å². The third-order valence-corrected chi connectivity index (χ3v) is 5.40. The van der Waals surface area contributed by atoms with Gasteiger partial charge in [0, 0.05) is 55.0 Å². The van der Waals surface area contributed by atoms with E-state index in [1.54, 1.807) is 47.9 Å². The Morgan fingerprint density at radius 1 is 1.19 bits per heavy atom. The van der Waals surface area contributed by atoms with Gasteiger partial charge in [0.25, 0.3) is 11.5 Å². The Morgan fingerprint density at radius 2 is 2.04 bits per heavy atom. The van der Waals surface area contributed by atoms with Crippen molar-refractivity contribution in [2.75, 3.05) is 13.1 Å². The zero-order valence-corrected chi connectivity index (χ0v) is 15.2. The fourth-order valence-corrected chi connectivity index (χ4v) is 3.95. The van der Waals surface area contributed by atoms with Gasteiger partial charge in [-0.2, -0.15) is 11.3 Å². The summed E-state index contributed by atoms with van der Waals surface area (Å²) in [6, 6.07) is 5.37. The molecule has 1 aliphatic heterocycles. The van der Waals surface area contributed by atoms with E-state index >= 15 is 0 Å². The molecule has 6 nitrogen and oxygen atoms in total. The SMILES string of the molecule is Cn1cccc(C(=O)N2CCc3ncnc(-c4ccsc4)c3CC2)c1=O. The smallest absolute Gasteiger partial charge is 0.263 e. The fourth-order valence-electron chi connectivity index (χ4n) is 3.31. The maximum atomic E-state index is 12.9. The minimum absolute atomic E-state index is 0.213. The van der Waals surface area contributed by atoms with E-state index in [0.717, 1.165) is 22.5 Å². The number of pyridine rings is 1. The van der Waals surface area contributed by atoms with Crippen molar-refractivity contribution in [3.63, 3.8) is 0 Å². The molecule has 0 spiro atoms. The van der Waals surface area contributed by atoms with E-state index in [2.05, 4.69) is 21.4 Å². The molecule has 1 aliphatic rings. The topological polar surface area (TPSA) is 68.1 Å². The molecule has 0 aliphatic carbocycles. The van der Waals surface area contributed by atoms with Crippen molar-refractivity contribution in [2.24, 2.45) is 7.05 Å². The standard InChI is InChI=1S/C19H18N4O2S/c1-22-7-2-3-15(18(22)24)19(25)23-8-4-14-16(5-9-23)20-12-21-17(14)13-6-10-26-11-13/h2-3,6-7,10-12H,4-5,8-9H2,1H3. The lowest BCUT2D eigenvalue weighted by atomic mass is 10.0. The van der Waals surface area contributed by atoms with Crippen LogP contribution in [-0.4, -0.2) is 38.4 Å². The van der Waals surface area contributed by atoms with E-state index in [-0.39, 0.29) is 17.0 Å². The van der Waals surface area contributed by atoms with E-state index in [4.69, 9.17) is 0 Å². The average Bonchev–Trinajstić information content (AvgIpc) is 3.09. The largest absolute Gasteiger partial charge is 0.338 e. The number of amides is 1. The van der Waals surface area contributed by atoms with E-state index in [1.165, 1.54) is 4.57 Å². The number of nitrogens with zero attached hydrogens (tertiary/aromatic N) is 4. The highest BCUT2D eigenvalue weighted by Gasteiger charge is 2.24. The molecule has 7 heteroatoms. The molecular weight excluding hydrogens is 348 g/mol. The van der Waals surface area contributed by atoms with E-state index in [0.29, 0.717) is 25.9 Å². The Bertz CT molecular complexity index is 1010. The van der Waals surface area contributed by atoms with Gasteiger partial charge in [-0.1, -0.05) is 0 Å². The molecule has 1 amide bonds. The van der Waals surface area contributed by atoms with Gasteiger partial charge in [0.05, 0.1) is 5.69 Å². The second-order valence-electron chi connectivity index (χ2n) is 6.29. The molecule has 0 unspecified atom stereocenters. The number of rotatable bonds is 2. The van der Waals surface area contributed by atoms with Crippen LogP contribution in [0.15, 0.2) is 46.3 Å². The minimum atomic E-state index is -0.266. The zero-order chi connectivity index (χ0) is 18.1. The number of thiophene rings is 1. The Balaban J connectivity index is 1.63. The predicted octanol–water partition coefficient (Wildman–Crippen LogP) is 2.14. The third-order valence-electron chi connectivity index (χ3n) is 4.72. The third kappa shape index (κ3) is 2.94. The highest BCUT2D eigenvalue weighted by atomic mass is 32.1. The number of hydrogen-bond donors (Lipinski definition) is 0.